The molecule has 0 aliphatic carbocycles. The zero-order valence-corrected chi connectivity index (χ0v) is 14.7. The van der Waals surface area contributed by atoms with Gasteiger partial charge in [-0.15, -0.1) is 0 Å². The van der Waals surface area contributed by atoms with Crippen molar-refractivity contribution in [2.45, 2.75) is 19.4 Å². The van der Waals surface area contributed by atoms with E-state index in [-0.39, 0.29) is 0 Å². The van der Waals surface area contributed by atoms with E-state index in [9.17, 15) is 0 Å². The molecule has 0 fully saturated rings. The van der Waals surface area contributed by atoms with Crippen molar-refractivity contribution in [1.82, 2.24) is 10.2 Å². The quantitative estimate of drug-likeness (QED) is 0.798. The lowest BCUT2D eigenvalue weighted by Gasteiger charge is -2.15. The minimum atomic E-state index is 0.427. The standard InChI is InChI=1S/C20H28N2O/c1-5-20(21-2)18-8-6-16(7-9-18)17-10-12-19(13-11-17)23-15-14-22(3)4/h6-13,20-21H,5,14-15H2,1-4H3. The van der Waals surface area contributed by atoms with Crippen LogP contribution in [0.2, 0.25) is 0 Å². The highest BCUT2D eigenvalue weighted by molar-refractivity contribution is 5.64. The van der Waals surface area contributed by atoms with Crippen LogP contribution in [0.3, 0.4) is 0 Å². The summed E-state index contributed by atoms with van der Waals surface area (Å²) in [4.78, 5) is 2.12. The molecule has 0 aromatic heterocycles. The minimum Gasteiger partial charge on any atom is -0.492 e. The molecule has 0 spiro atoms. The van der Waals surface area contributed by atoms with Crippen molar-refractivity contribution in [3.05, 3.63) is 54.1 Å². The van der Waals surface area contributed by atoms with Gasteiger partial charge in [0.15, 0.2) is 0 Å². The Morgan fingerprint density at radius 2 is 1.52 bits per heavy atom. The Hall–Kier alpha value is -1.84. The molecule has 0 radical (unpaired) electrons. The Kier molecular flexibility index (Phi) is 6.63. The van der Waals surface area contributed by atoms with E-state index in [2.05, 4.69) is 53.5 Å². The maximum absolute atomic E-state index is 5.74. The lowest BCUT2D eigenvalue weighted by atomic mass is 9.99. The molecule has 124 valence electrons. The van der Waals surface area contributed by atoms with Crippen LogP contribution < -0.4 is 10.1 Å². The van der Waals surface area contributed by atoms with Crippen molar-refractivity contribution in [1.29, 1.82) is 0 Å². The summed E-state index contributed by atoms with van der Waals surface area (Å²) in [6.07, 6.45) is 1.09. The predicted octanol–water partition coefficient (Wildman–Crippen LogP) is 3.96. The maximum Gasteiger partial charge on any atom is 0.119 e. The summed E-state index contributed by atoms with van der Waals surface area (Å²) in [7, 11) is 6.11. The normalized spacial score (nSPS) is 12.4. The number of nitrogens with one attached hydrogen (secondary N) is 1. The first-order valence-electron chi connectivity index (χ1n) is 8.29. The van der Waals surface area contributed by atoms with Crippen LogP contribution in [0, 0.1) is 0 Å². The summed E-state index contributed by atoms with van der Waals surface area (Å²) in [6.45, 7) is 3.83. The lowest BCUT2D eigenvalue weighted by molar-refractivity contribution is 0.261. The van der Waals surface area contributed by atoms with Crippen LogP contribution in [0.1, 0.15) is 24.9 Å². The van der Waals surface area contributed by atoms with Crippen molar-refractivity contribution >= 4 is 0 Å². The first-order valence-corrected chi connectivity index (χ1v) is 8.29. The number of rotatable bonds is 8. The summed E-state index contributed by atoms with van der Waals surface area (Å²) >= 11 is 0. The van der Waals surface area contributed by atoms with Crippen molar-refractivity contribution in [2.75, 3.05) is 34.3 Å². The second-order valence-electron chi connectivity index (χ2n) is 6.05. The second kappa shape index (κ2) is 8.70. The SMILES string of the molecule is CCC(NC)c1ccc(-c2ccc(OCCN(C)C)cc2)cc1. The first-order chi connectivity index (χ1) is 11.1. The lowest BCUT2D eigenvalue weighted by Crippen LogP contribution is -2.19. The molecule has 1 unspecified atom stereocenters. The topological polar surface area (TPSA) is 24.5 Å². The van der Waals surface area contributed by atoms with E-state index in [1.807, 2.05) is 33.3 Å². The van der Waals surface area contributed by atoms with E-state index in [4.69, 9.17) is 4.74 Å². The van der Waals surface area contributed by atoms with Gasteiger partial charge in [-0.2, -0.15) is 0 Å². The van der Waals surface area contributed by atoms with Crippen LogP contribution in [0.5, 0.6) is 5.75 Å². The van der Waals surface area contributed by atoms with Gasteiger partial charge in [0.2, 0.25) is 0 Å². The van der Waals surface area contributed by atoms with Gasteiger partial charge in [-0.05, 0) is 56.4 Å². The van der Waals surface area contributed by atoms with Gasteiger partial charge in [-0.25, -0.2) is 0 Å². The van der Waals surface area contributed by atoms with Crippen LogP contribution in [-0.4, -0.2) is 39.2 Å². The molecule has 0 amide bonds. The van der Waals surface area contributed by atoms with E-state index < -0.39 is 0 Å². The molecular formula is C20H28N2O. The summed E-state index contributed by atoms with van der Waals surface area (Å²) in [6, 6.07) is 17.6. The zero-order valence-electron chi connectivity index (χ0n) is 14.7. The number of ether oxygens (including phenoxy) is 1. The molecule has 1 N–H and O–H groups in total. The van der Waals surface area contributed by atoms with E-state index >= 15 is 0 Å². The van der Waals surface area contributed by atoms with Gasteiger partial charge >= 0.3 is 0 Å². The molecule has 2 aromatic rings. The third-order valence-electron chi connectivity index (χ3n) is 4.06. The van der Waals surface area contributed by atoms with Crippen LogP contribution in [0.4, 0.5) is 0 Å². The summed E-state index contributed by atoms with van der Waals surface area (Å²) in [5.74, 6) is 0.924. The van der Waals surface area contributed by atoms with Gasteiger partial charge in [-0.3, -0.25) is 0 Å². The monoisotopic (exact) mass is 312 g/mol. The molecular weight excluding hydrogens is 284 g/mol. The van der Waals surface area contributed by atoms with Gasteiger partial charge in [0, 0.05) is 12.6 Å². The fourth-order valence-corrected chi connectivity index (χ4v) is 2.60. The van der Waals surface area contributed by atoms with Crippen LogP contribution >= 0.6 is 0 Å². The fourth-order valence-electron chi connectivity index (χ4n) is 2.60. The second-order valence-corrected chi connectivity index (χ2v) is 6.05. The van der Waals surface area contributed by atoms with Crippen molar-refractivity contribution in [3.63, 3.8) is 0 Å². The van der Waals surface area contributed by atoms with Gasteiger partial charge in [0.1, 0.15) is 12.4 Å². The molecule has 0 saturated heterocycles. The Bertz CT molecular complexity index is 572. The highest BCUT2D eigenvalue weighted by atomic mass is 16.5. The average Bonchev–Trinajstić information content (AvgIpc) is 2.57. The largest absolute Gasteiger partial charge is 0.492 e. The number of nitrogens with zero attached hydrogens (tertiary/aromatic N) is 1. The number of hydrogen-bond acceptors (Lipinski definition) is 3. The summed E-state index contributed by atoms with van der Waals surface area (Å²) in [5, 5.41) is 3.34. The zero-order chi connectivity index (χ0) is 16.7. The molecule has 0 aliphatic heterocycles. The predicted molar refractivity (Wildman–Crippen MR) is 98.0 cm³/mol. The fraction of sp³-hybridized carbons (Fsp3) is 0.400. The molecule has 3 heteroatoms. The first kappa shape index (κ1) is 17.5. The van der Waals surface area contributed by atoms with Gasteiger partial charge in [0.05, 0.1) is 0 Å². The average molecular weight is 312 g/mol. The smallest absolute Gasteiger partial charge is 0.119 e. The van der Waals surface area contributed by atoms with E-state index in [0.717, 1.165) is 18.7 Å². The third-order valence-corrected chi connectivity index (χ3v) is 4.06. The van der Waals surface area contributed by atoms with Crippen LogP contribution in [0.15, 0.2) is 48.5 Å². The Morgan fingerprint density at radius 1 is 0.957 bits per heavy atom. The van der Waals surface area contributed by atoms with Crippen LogP contribution in [-0.2, 0) is 0 Å². The minimum absolute atomic E-state index is 0.427. The van der Waals surface area contributed by atoms with E-state index in [0.29, 0.717) is 12.6 Å². The Balaban J connectivity index is 2.01. The maximum atomic E-state index is 5.74. The molecule has 2 rings (SSSR count). The van der Waals surface area contributed by atoms with Crippen molar-refractivity contribution < 1.29 is 4.74 Å². The molecule has 0 saturated carbocycles. The highest BCUT2D eigenvalue weighted by Gasteiger charge is 2.06. The number of likely N-dealkylation sites (N-methyl/N-ethyl adjacent to an activating group) is 1. The molecule has 23 heavy (non-hydrogen) atoms. The van der Waals surface area contributed by atoms with E-state index in [1.54, 1.807) is 0 Å². The number of hydrogen-bond donors (Lipinski definition) is 1. The van der Waals surface area contributed by atoms with Gasteiger partial charge < -0.3 is 15.0 Å². The molecule has 2 aromatic carbocycles. The molecule has 0 bridgehead atoms. The molecule has 0 heterocycles. The molecule has 1 atom stereocenters. The molecule has 3 nitrogen and oxygen atoms in total. The highest BCUT2D eigenvalue weighted by Crippen LogP contribution is 2.25. The third kappa shape index (κ3) is 5.08. The Labute approximate surface area is 140 Å². The molecule has 0 aliphatic rings. The summed E-state index contributed by atoms with van der Waals surface area (Å²) < 4.78 is 5.74. The van der Waals surface area contributed by atoms with Crippen LogP contribution in [0.25, 0.3) is 11.1 Å². The van der Waals surface area contributed by atoms with E-state index in [1.165, 1.54) is 16.7 Å². The Morgan fingerprint density at radius 3 is 2.00 bits per heavy atom. The number of benzene rings is 2. The van der Waals surface area contributed by atoms with Crippen molar-refractivity contribution in [2.24, 2.45) is 0 Å². The summed E-state index contributed by atoms with van der Waals surface area (Å²) in [5.41, 5.74) is 3.79. The van der Waals surface area contributed by atoms with Gasteiger partial charge in [0.25, 0.3) is 0 Å². The van der Waals surface area contributed by atoms with Gasteiger partial charge in [-0.1, -0.05) is 43.3 Å². The van der Waals surface area contributed by atoms with Crippen molar-refractivity contribution in [3.8, 4) is 16.9 Å².